The Kier molecular flexibility index (Phi) is 3.11. The number of amides is 1. The van der Waals surface area contributed by atoms with Gasteiger partial charge in [0.05, 0.1) is 12.0 Å². The molecule has 0 atom stereocenters. The van der Waals surface area contributed by atoms with Crippen molar-refractivity contribution in [2.45, 2.75) is 19.3 Å². The molecule has 1 aromatic rings. The van der Waals surface area contributed by atoms with E-state index >= 15 is 0 Å². The number of hydrogen-bond acceptors (Lipinski definition) is 2. The molecule has 0 radical (unpaired) electrons. The van der Waals surface area contributed by atoms with Crippen LogP contribution < -0.4 is 5.32 Å². The first kappa shape index (κ1) is 12.0. The number of carbonyl (C=O) groups excluding carboxylic acids is 1. The molecule has 2 N–H and O–H groups in total. The Labute approximate surface area is 97.5 Å². The summed E-state index contributed by atoms with van der Waals surface area (Å²) in [6.07, 6.45) is 2.14. The maximum Gasteiger partial charge on any atom is 0.232 e. The van der Waals surface area contributed by atoms with Crippen LogP contribution in [0.1, 0.15) is 19.3 Å². The van der Waals surface area contributed by atoms with Gasteiger partial charge in [-0.25, -0.2) is 8.78 Å². The zero-order chi connectivity index (χ0) is 12.5. The minimum absolute atomic E-state index is 0.202. The van der Waals surface area contributed by atoms with Crippen LogP contribution in [0, 0.1) is 17.0 Å². The monoisotopic (exact) mass is 241 g/mol. The lowest BCUT2D eigenvalue weighted by atomic mass is 9.68. The first-order valence-corrected chi connectivity index (χ1v) is 5.45. The third-order valence-corrected chi connectivity index (χ3v) is 3.27. The van der Waals surface area contributed by atoms with Crippen LogP contribution in [0.3, 0.4) is 0 Å². The molecule has 0 spiro atoms. The Morgan fingerprint density at radius 3 is 2.53 bits per heavy atom. The highest BCUT2D eigenvalue weighted by Gasteiger charge is 2.43. The molecule has 0 heterocycles. The van der Waals surface area contributed by atoms with Gasteiger partial charge in [-0.1, -0.05) is 6.42 Å². The predicted octanol–water partition coefficient (Wildman–Crippen LogP) is 2.07. The second-order valence-electron chi connectivity index (χ2n) is 4.38. The van der Waals surface area contributed by atoms with Crippen molar-refractivity contribution in [1.29, 1.82) is 0 Å². The molecule has 0 bridgehead atoms. The summed E-state index contributed by atoms with van der Waals surface area (Å²) >= 11 is 0. The van der Waals surface area contributed by atoms with E-state index in [1.165, 1.54) is 6.07 Å². The molecule has 1 aliphatic carbocycles. The lowest BCUT2D eigenvalue weighted by Crippen LogP contribution is -2.44. The maximum atomic E-state index is 12.9. The zero-order valence-electron chi connectivity index (χ0n) is 9.17. The average molecular weight is 241 g/mol. The quantitative estimate of drug-likeness (QED) is 0.851. The van der Waals surface area contributed by atoms with Crippen LogP contribution >= 0.6 is 0 Å². The summed E-state index contributed by atoms with van der Waals surface area (Å²) in [5, 5.41) is 11.7. The molecule has 0 unspecified atom stereocenters. The lowest BCUT2D eigenvalue weighted by molar-refractivity contribution is -0.133. The van der Waals surface area contributed by atoms with Gasteiger partial charge in [0, 0.05) is 11.8 Å². The van der Waals surface area contributed by atoms with Crippen LogP contribution in [0.4, 0.5) is 14.5 Å². The van der Waals surface area contributed by atoms with Gasteiger partial charge < -0.3 is 10.4 Å². The van der Waals surface area contributed by atoms with E-state index in [2.05, 4.69) is 5.32 Å². The van der Waals surface area contributed by atoms with Crippen molar-refractivity contribution in [2.24, 2.45) is 5.41 Å². The van der Waals surface area contributed by atoms with Gasteiger partial charge >= 0.3 is 0 Å². The Hall–Kier alpha value is -1.49. The van der Waals surface area contributed by atoms with Crippen LogP contribution in [0.5, 0.6) is 0 Å². The van der Waals surface area contributed by atoms with Crippen molar-refractivity contribution in [3.8, 4) is 0 Å². The minimum atomic E-state index is -1.01. The van der Waals surface area contributed by atoms with E-state index in [1.807, 2.05) is 0 Å². The first-order chi connectivity index (χ1) is 8.07. The van der Waals surface area contributed by atoms with Crippen LogP contribution in [0.2, 0.25) is 0 Å². The molecule has 92 valence electrons. The minimum Gasteiger partial charge on any atom is -0.395 e. The van der Waals surface area contributed by atoms with Gasteiger partial charge in [0.1, 0.15) is 0 Å². The van der Waals surface area contributed by atoms with Gasteiger partial charge in [-0.05, 0) is 25.0 Å². The predicted molar refractivity (Wildman–Crippen MR) is 58.4 cm³/mol. The topological polar surface area (TPSA) is 49.3 Å². The number of aliphatic hydroxyl groups excluding tert-OH is 1. The van der Waals surface area contributed by atoms with E-state index in [4.69, 9.17) is 0 Å². The van der Waals surface area contributed by atoms with E-state index in [1.54, 1.807) is 0 Å². The molecule has 1 aromatic carbocycles. The smallest absolute Gasteiger partial charge is 0.232 e. The van der Waals surface area contributed by atoms with E-state index in [0.29, 0.717) is 12.8 Å². The summed E-state index contributed by atoms with van der Waals surface area (Å²) in [5.74, 6) is -2.30. The largest absolute Gasteiger partial charge is 0.395 e. The highest BCUT2D eigenvalue weighted by atomic mass is 19.2. The number of anilines is 1. The van der Waals surface area contributed by atoms with Crippen LogP contribution in [-0.2, 0) is 4.79 Å². The summed E-state index contributed by atoms with van der Waals surface area (Å²) in [6.45, 7) is -0.220. The Balaban J connectivity index is 2.10. The molecule has 1 saturated carbocycles. The number of hydrogen-bond donors (Lipinski definition) is 2. The van der Waals surface area contributed by atoms with Gasteiger partial charge in [-0.3, -0.25) is 4.79 Å². The zero-order valence-corrected chi connectivity index (χ0v) is 9.17. The summed E-state index contributed by atoms with van der Waals surface area (Å²) in [5.41, 5.74) is -0.543. The highest BCUT2D eigenvalue weighted by Crippen LogP contribution is 2.41. The molecule has 1 aliphatic rings. The van der Waals surface area contributed by atoms with Gasteiger partial charge in [-0.15, -0.1) is 0 Å². The summed E-state index contributed by atoms with van der Waals surface area (Å²) in [6, 6.07) is 3.17. The van der Waals surface area contributed by atoms with Gasteiger partial charge in [-0.2, -0.15) is 0 Å². The standard InChI is InChI=1S/C12H13F2NO2/c13-9-3-2-8(6-10(9)14)15-11(17)12(7-16)4-1-5-12/h2-3,6,16H,1,4-5,7H2,(H,15,17). The van der Waals surface area contributed by atoms with Crippen molar-refractivity contribution in [3.05, 3.63) is 29.8 Å². The van der Waals surface area contributed by atoms with E-state index in [0.717, 1.165) is 18.6 Å². The van der Waals surface area contributed by atoms with Gasteiger partial charge in [0.25, 0.3) is 0 Å². The molecule has 0 aromatic heterocycles. The van der Waals surface area contributed by atoms with Crippen molar-refractivity contribution in [2.75, 3.05) is 11.9 Å². The lowest BCUT2D eigenvalue weighted by Gasteiger charge is -2.38. The molecule has 0 aliphatic heterocycles. The van der Waals surface area contributed by atoms with Crippen LogP contribution in [-0.4, -0.2) is 17.6 Å². The van der Waals surface area contributed by atoms with E-state index in [-0.39, 0.29) is 18.2 Å². The number of benzene rings is 1. The van der Waals surface area contributed by atoms with Crippen LogP contribution in [0.15, 0.2) is 18.2 Å². The van der Waals surface area contributed by atoms with Crippen LogP contribution in [0.25, 0.3) is 0 Å². The second kappa shape index (κ2) is 4.41. The molecule has 0 saturated heterocycles. The molecular weight excluding hydrogens is 228 g/mol. The molecule has 2 rings (SSSR count). The fraction of sp³-hybridized carbons (Fsp3) is 0.417. The normalized spacial score (nSPS) is 17.4. The third-order valence-electron chi connectivity index (χ3n) is 3.27. The highest BCUT2D eigenvalue weighted by molar-refractivity contribution is 5.96. The molecule has 1 amide bonds. The Morgan fingerprint density at radius 2 is 2.06 bits per heavy atom. The number of nitrogens with one attached hydrogen (secondary N) is 1. The summed E-state index contributed by atoms with van der Waals surface area (Å²) < 4.78 is 25.6. The van der Waals surface area contributed by atoms with Crippen molar-refractivity contribution in [1.82, 2.24) is 0 Å². The molecule has 5 heteroatoms. The fourth-order valence-corrected chi connectivity index (χ4v) is 1.90. The second-order valence-corrected chi connectivity index (χ2v) is 4.38. The van der Waals surface area contributed by atoms with Gasteiger partial charge in [0.2, 0.25) is 5.91 Å². The number of aliphatic hydroxyl groups is 1. The third kappa shape index (κ3) is 2.15. The number of halogens is 2. The fourth-order valence-electron chi connectivity index (χ4n) is 1.90. The van der Waals surface area contributed by atoms with E-state index in [9.17, 15) is 18.7 Å². The summed E-state index contributed by atoms with van der Waals surface area (Å²) in [4.78, 5) is 11.9. The van der Waals surface area contributed by atoms with E-state index < -0.39 is 17.0 Å². The van der Waals surface area contributed by atoms with Crippen molar-refractivity contribution >= 4 is 11.6 Å². The van der Waals surface area contributed by atoms with Gasteiger partial charge in [0.15, 0.2) is 11.6 Å². The Bertz CT molecular complexity index is 439. The average Bonchev–Trinajstić information content (AvgIpc) is 2.23. The number of carbonyl (C=O) groups is 1. The van der Waals surface area contributed by atoms with Crippen molar-refractivity contribution < 1.29 is 18.7 Å². The SMILES string of the molecule is O=C(Nc1ccc(F)c(F)c1)C1(CO)CCC1. The maximum absolute atomic E-state index is 12.9. The molecular formula is C12H13F2NO2. The number of rotatable bonds is 3. The molecule has 3 nitrogen and oxygen atoms in total. The first-order valence-electron chi connectivity index (χ1n) is 5.45. The Morgan fingerprint density at radius 1 is 1.35 bits per heavy atom. The van der Waals surface area contributed by atoms with Crippen molar-refractivity contribution in [3.63, 3.8) is 0 Å². The summed E-state index contributed by atoms with van der Waals surface area (Å²) in [7, 11) is 0. The molecule has 17 heavy (non-hydrogen) atoms. The molecule has 1 fully saturated rings.